The lowest BCUT2D eigenvalue weighted by molar-refractivity contribution is -0.0592. The average molecular weight is 934 g/mol. The summed E-state index contributed by atoms with van der Waals surface area (Å²) < 4.78 is 50.3. The van der Waals surface area contributed by atoms with Crippen molar-refractivity contribution in [3.8, 4) is 17.2 Å². The monoisotopic (exact) mass is 933 g/mol. The van der Waals surface area contributed by atoms with Crippen LogP contribution in [0.2, 0.25) is 5.02 Å². The molecule has 0 radical (unpaired) electrons. The zero-order valence-corrected chi connectivity index (χ0v) is 39.2. The van der Waals surface area contributed by atoms with E-state index in [-0.39, 0.29) is 40.7 Å². The molecule has 1 unspecified atom stereocenters. The number of ether oxygens (including phenoxy) is 1. The quantitative estimate of drug-likeness (QED) is 0.168. The van der Waals surface area contributed by atoms with E-state index in [1.807, 2.05) is 22.5 Å². The molecule has 0 spiro atoms. The number of nitrogens with zero attached hydrogens (tertiary/aromatic N) is 8. The molecule has 4 aromatic heterocycles. The van der Waals surface area contributed by atoms with E-state index in [9.17, 15) is 13.8 Å². The second kappa shape index (κ2) is 14.7. The van der Waals surface area contributed by atoms with E-state index in [0.717, 1.165) is 23.7 Å². The van der Waals surface area contributed by atoms with E-state index in [0.29, 0.717) is 87.5 Å². The Labute approximate surface area is 384 Å². The number of hydrogen-bond donors (Lipinski definition) is 1. The number of H-pyrrole nitrogens is 1. The number of halogens is 2. The van der Waals surface area contributed by atoms with Gasteiger partial charge in [0.1, 0.15) is 22.9 Å². The van der Waals surface area contributed by atoms with Crippen LogP contribution < -0.4 is 11.4 Å². The predicted molar refractivity (Wildman–Crippen MR) is 246 cm³/mol. The van der Waals surface area contributed by atoms with Crippen molar-refractivity contribution < 1.29 is 22.7 Å². The maximum Gasteiger partial charge on any atom is 0.438 e. The fourth-order valence-corrected chi connectivity index (χ4v) is 12.8. The minimum Gasteiger partial charge on any atom is -0.376 e. The summed E-state index contributed by atoms with van der Waals surface area (Å²) in [6.45, 7) is 12.7. The van der Waals surface area contributed by atoms with Gasteiger partial charge in [-0.15, -0.1) is 0 Å². The van der Waals surface area contributed by atoms with Gasteiger partial charge in [0, 0.05) is 60.3 Å². The molecular formula is C48H49ClFN9O6S. The standard InChI is InChI=1S/C48H49ClFN9O6S/c1-25-18-32(19-26(2)41(25)50)59-42(57-16-15-56(46(57)62)36-10-11-38-33(40(36)49)24-51-66(38,7)63)39-28(4)55(14-12-34(39)53-59)43(60)37-21-31-20-29(30-13-17-64-47(5,6)23-30)8-9-35(31)58(37)48(22-27(48)3)44-52-45(61)65-54-44/h8-11,15-16,18-21,27-28,30H,12-14,17,22-24H2,1-7H3,(H,52,54,61)/t27-,28-,30-,48-,66?/m0/s1. The number of aryl methyl sites for hydroxylation is 2. The number of imidazole rings is 1. The van der Waals surface area contributed by atoms with Crippen molar-refractivity contribution in [3.63, 3.8) is 0 Å². The van der Waals surface area contributed by atoms with Crippen LogP contribution in [-0.2, 0) is 33.0 Å². The smallest absolute Gasteiger partial charge is 0.376 e. The van der Waals surface area contributed by atoms with Gasteiger partial charge in [0.15, 0.2) is 5.82 Å². The molecule has 4 aliphatic rings. The van der Waals surface area contributed by atoms with Crippen molar-refractivity contribution in [3.05, 3.63) is 138 Å². The number of aromatic nitrogens is 7. The topological polar surface area (TPSA) is 168 Å². The van der Waals surface area contributed by atoms with Gasteiger partial charge >= 0.3 is 11.4 Å². The first-order valence-corrected chi connectivity index (χ1v) is 24.5. The number of fused-ring (bicyclic) bond motifs is 3. The summed E-state index contributed by atoms with van der Waals surface area (Å²) in [5, 5.41) is 10.5. The van der Waals surface area contributed by atoms with E-state index >= 15 is 9.18 Å². The highest BCUT2D eigenvalue weighted by molar-refractivity contribution is 7.93. The molecular weight excluding hydrogens is 885 g/mol. The van der Waals surface area contributed by atoms with Gasteiger partial charge in [-0.2, -0.15) is 5.10 Å². The predicted octanol–water partition coefficient (Wildman–Crippen LogP) is 8.04. The Morgan fingerprint density at radius 2 is 1.76 bits per heavy atom. The third-order valence-electron chi connectivity index (χ3n) is 14.4. The summed E-state index contributed by atoms with van der Waals surface area (Å²) in [4.78, 5) is 48.0. The van der Waals surface area contributed by atoms with Crippen molar-refractivity contribution in [2.45, 2.75) is 102 Å². The summed E-state index contributed by atoms with van der Waals surface area (Å²) in [5.41, 5.74) is 4.57. The van der Waals surface area contributed by atoms with Crippen LogP contribution in [0.25, 0.3) is 28.1 Å². The summed E-state index contributed by atoms with van der Waals surface area (Å²) in [5.74, 6) is -0.231. The van der Waals surface area contributed by atoms with Crippen LogP contribution in [0.3, 0.4) is 0 Å². The number of amides is 1. The van der Waals surface area contributed by atoms with Crippen LogP contribution in [0.1, 0.15) is 109 Å². The van der Waals surface area contributed by atoms with Crippen molar-refractivity contribution >= 4 is 38.1 Å². The molecule has 1 saturated heterocycles. The highest BCUT2D eigenvalue weighted by Crippen LogP contribution is 2.56. The molecule has 1 saturated carbocycles. The van der Waals surface area contributed by atoms with Gasteiger partial charge in [0.2, 0.25) is 0 Å². The minimum absolute atomic E-state index is 0.00441. The van der Waals surface area contributed by atoms with Crippen LogP contribution in [0, 0.1) is 25.6 Å². The molecule has 5 atom stereocenters. The van der Waals surface area contributed by atoms with Crippen LogP contribution in [0.5, 0.6) is 0 Å². The molecule has 18 heteroatoms. The Morgan fingerprint density at radius 1 is 1.02 bits per heavy atom. The maximum atomic E-state index is 15.6. The van der Waals surface area contributed by atoms with Crippen LogP contribution in [0.4, 0.5) is 4.39 Å². The van der Waals surface area contributed by atoms with Gasteiger partial charge < -0.3 is 14.2 Å². The Hall–Kier alpha value is -6.04. The molecule has 15 nitrogen and oxygen atoms in total. The van der Waals surface area contributed by atoms with Crippen molar-refractivity contribution in [2.75, 3.05) is 19.4 Å². The summed E-state index contributed by atoms with van der Waals surface area (Å²) >= 11 is 6.95. The van der Waals surface area contributed by atoms with Gasteiger partial charge in [0.25, 0.3) is 5.91 Å². The SMILES string of the molecule is Cc1cc(-n2nc3c(c2-n2ccn(-c4ccc5c(c4Cl)CN=S5(C)=O)c2=O)[C@H](C)N(C(=O)c2cc4cc([C@H]5CCOC(C)(C)C5)ccc4n2[C@@]2(c4noc(=O)[nH]4)C[C@@H]2C)CC3)cc(C)c1F. The highest BCUT2D eigenvalue weighted by atomic mass is 35.5. The summed E-state index contributed by atoms with van der Waals surface area (Å²) in [6, 6.07) is 14.5. The molecule has 1 amide bonds. The van der Waals surface area contributed by atoms with E-state index < -0.39 is 32.8 Å². The lowest BCUT2D eigenvalue weighted by Crippen LogP contribution is -2.41. The molecule has 1 N–H and O–H groups in total. The number of hydrogen-bond acceptors (Lipinski definition) is 9. The number of benzene rings is 3. The zero-order valence-electron chi connectivity index (χ0n) is 37.6. The summed E-state index contributed by atoms with van der Waals surface area (Å²) in [7, 11) is -2.60. The largest absolute Gasteiger partial charge is 0.438 e. The number of rotatable bonds is 7. The number of carbonyl (C=O) groups is 1. The maximum absolute atomic E-state index is 15.6. The van der Waals surface area contributed by atoms with Crippen LogP contribution in [0.15, 0.2) is 84.3 Å². The van der Waals surface area contributed by atoms with Crippen molar-refractivity contribution in [1.29, 1.82) is 0 Å². The third-order valence-corrected chi connectivity index (χ3v) is 16.7. The fraction of sp³-hybridized carbons (Fsp3) is 0.396. The molecule has 342 valence electrons. The Bertz CT molecular complexity index is 3450. The molecule has 1 aliphatic carbocycles. The van der Waals surface area contributed by atoms with E-state index in [4.69, 9.17) is 26.0 Å². The lowest BCUT2D eigenvalue weighted by atomic mass is 9.83. The first kappa shape index (κ1) is 42.6. The molecule has 0 bridgehead atoms. The Kier molecular flexibility index (Phi) is 9.50. The van der Waals surface area contributed by atoms with Gasteiger partial charge in [-0.25, -0.2) is 27.2 Å². The second-order valence-corrected chi connectivity index (χ2v) is 21.8. The van der Waals surface area contributed by atoms with Gasteiger partial charge in [-0.05, 0) is 125 Å². The molecule has 2 fully saturated rings. The molecule has 7 heterocycles. The molecule has 11 rings (SSSR count). The van der Waals surface area contributed by atoms with Gasteiger partial charge in [-0.1, -0.05) is 29.7 Å². The Balaban J connectivity index is 1.05. The Morgan fingerprint density at radius 3 is 2.45 bits per heavy atom. The second-order valence-electron chi connectivity index (χ2n) is 19.2. The fourth-order valence-electron chi connectivity index (χ4n) is 11.0. The average Bonchev–Trinajstić information content (AvgIpc) is 3.87. The molecule has 66 heavy (non-hydrogen) atoms. The van der Waals surface area contributed by atoms with E-state index in [2.05, 4.69) is 53.5 Å². The van der Waals surface area contributed by atoms with E-state index in [1.165, 1.54) is 14.7 Å². The van der Waals surface area contributed by atoms with Crippen LogP contribution in [-0.4, -0.2) is 73.6 Å². The van der Waals surface area contributed by atoms with Gasteiger partial charge in [0.05, 0.1) is 54.9 Å². The molecule has 7 aromatic rings. The highest BCUT2D eigenvalue weighted by Gasteiger charge is 2.59. The number of carbonyl (C=O) groups excluding carboxylic acids is 1. The molecule has 3 aliphatic heterocycles. The number of aromatic amines is 1. The normalized spacial score (nSPS) is 24.4. The van der Waals surface area contributed by atoms with E-state index in [1.54, 1.807) is 61.4 Å². The van der Waals surface area contributed by atoms with Gasteiger partial charge in [-0.3, -0.25) is 23.4 Å². The third kappa shape index (κ3) is 6.36. The zero-order chi connectivity index (χ0) is 46.4. The minimum atomic E-state index is -2.60. The first-order chi connectivity index (χ1) is 31.4. The van der Waals surface area contributed by atoms with Crippen molar-refractivity contribution in [1.82, 2.24) is 38.5 Å². The lowest BCUT2D eigenvalue weighted by Gasteiger charge is -2.35. The van der Waals surface area contributed by atoms with Crippen molar-refractivity contribution in [2.24, 2.45) is 10.3 Å². The molecule has 3 aromatic carbocycles. The number of nitrogens with one attached hydrogen (secondary N) is 1. The summed E-state index contributed by atoms with van der Waals surface area (Å²) in [6.07, 6.45) is 7.54. The van der Waals surface area contributed by atoms with Crippen LogP contribution >= 0.6 is 11.6 Å². The first-order valence-electron chi connectivity index (χ1n) is 22.2.